The number of pyridine rings is 2. The third-order valence-electron chi connectivity index (χ3n) is 11.4. The van der Waals surface area contributed by atoms with Gasteiger partial charge in [0.25, 0.3) is 0 Å². The zero-order valence-corrected chi connectivity index (χ0v) is 31.3. The van der Waals surface area contributed by atoms with E-state index in [-0.39, 0.29) is 17.5 Å². The van der Waals surface area contributed by atoms with Gasteiger partial charge in [0.05, 0.1) is 23.0 Å². The smallest absolute Gasteiger partial charge is 0.340 e. The molecule has 0 spiro atoms. The molecule has 14 nitrogen and oxygen atoms in total. The lowest BCUT2D eigenvalue weighted by molar-refractivity contribution is -0.282. The minimum Gasteiger partial charge on any atom is -0.461 e. The molecule has 288 valence electrons. The fraction of sp³-hybridized carbons (Fsp3) is 0.525. The number of allylic oxidation sites excluding steroid dienone is 2. The topological polar surface area (TPSA) is 187 Å². The number of esters is 5. The van der Waals surface area contributed by atoms with Gasteiger partial charge in [-0.15, -0.1) is 0 Å². The van der Waals surface area contributed by atoms with E-state index in [0.29, 0.717) is 5.57 Å². The summed E-state index contributed by atoms with van der Waals surface area (Å²) in [4.78, 5) is 76.4. The average molecular weight is 747 g/mol. The first kappa shape index (κ1) is 38.8. The van der Waals surface area contributed by atoms with Crippen molar-refractivity contribution in [2.45, 2.75) is 96.8 Å². The fourth-order valence-electron chi connectivity index (χ4n) is 9.52. The SMILES string of the molecule is C=C(C)C1C=CC(OC(=O)C(C)C)C23C(O)OC(C)(C(OC(=O)c4cccnc4)C4(OC(C)=O)CC(C)C(OC(=O)c5cccnc5)C4C2OC(C)=O)C13. The lowest BCUT2D eigenvalue weighted by atomic mass is 9.54. The number of carbonyl (C=O) groups is 5. The summed E-state index contributed by atoms with van der Waals surface area (Å²) in [5, 5.41) is 12.5. The fourth-order valence-corrected chi connectivity index (χ4v) is 9.52. The molecule has 0 amide bonds. The van der Waals surface area contributed by atoms with Crippen molar-refractivity contribution in [3.05, 3.63) is 84.5 Å². The molecule has 54 heavy (non-hydrogen) atoms. The van der Waals surface area contributed by atoms with Gasteiger partial charge in [0.2, 0.25) is 0 Å². The standard InChI is InChI=1S/C40H46N2O12/c1-20(2)27-13-14-28(50-33(45)21(3)4)40-31(27)38(8,54-37(40)48)36(52-35(47)26-12-10-16-42-19-26)39(53-24(7)44)17-22(5)30(29(39)32(40)49-23(6)43)51-34(46)25-11-9-15-41-18-25/h9-16,18-19,21-22,27-32,36-37,48H,1,17H2,2-8H3. The van der Waals surface area contributed by atoms with Gasteiger partial charge in [-0.25, -0.2) is 9.59 Å². The molecule has 14 heteroatoms. The number of rotatable bonds is 9. The predicted molar refractivity (Wildman–Crippen MR) is 188 cm³/mol. The normalized spacial score (nSPS) is 36.2. The van der Waals surface area contributed by atoms with Crippen LogP contribution in [0.3, 0.4) is 0 Å². The molecule has 6 rings (SSSR count). The van der Waals surface area contributed by atoms with Crippen LogP contribution in [-0.4, -0.2) is 86.8 Å². The number of fused-ring (bicyclic) bond motifs is 1. The summed E-state index contributed by atoms with van der Waals surface area (Å²) in [6.45, 7) is 15.0. The molecule has 1 aliphatic heterocycles. The first-order valence-electron chi connectivity index (χ1n) is 18.0. The van der Waals surface area contributed by atoms with Crippen LogP contribution >= 0.6 is 0 Å². The number of carbonyl (C=O) groups excluding carboxylic acids is 5. The highest BCUT2D eigenvalue weighted by molar-refractivity contribution is 5.90. The van der Waals surface area contributed by atoms with Gasteiger partial charge in [0.1, 0.15) is 29.3 Å². The van der Waals surface area contributed by atoms with E-state index in [9.17, 15) is 29.1 Å². The van der Waals surface area contributed by atoms with Crippen LogP contribution in [0.4, 0.5) is 0 Å². The van der Waals surface area contributed by atoms with Crippen LogP contribution < -0.4 is 0 Å². The highest BCUT2D eigenvalue weighted by Gasteiger charge is 2.84. The summed E-state index contributed by atoms with van der Waals surface area (Å²) in [6.07, 6.45) is 1.42. The van der Waals surface area contributed by atoms with Crippen LogP contribution in [0.5, 0.6) is 0 Å². The van der Waals surface area contributed by atoms with Crippen molar-refractivity contribution < 1.29 is 57.5 Å². The predicted octanol–water partition coefficient (Wildman–Crippen LogP) is 4.17. The monoisotopic (exact) mass is 746 g/mol. The molecule has 12 unspecified atom stereocenters. The lowest BCUT2D eigenvalue weighted by Gasteiger charge is -2.52. The maximum absolute atomic E-state index is 14.2. The number of aromatic nitrogens is 2. The van der Waals surface area contributed by atoms with Gasteiger partial charge in [0, 0.05) is 50.5 Å². The summed E-state index contributed by atoms with van der Waals surface area (Å²) in [7, 11) is 0. The van der Waals surface area contributed by atoms with Crippen molar-refractivity contribution in [1.82, 2.24) is 9.97 Å². The van der Waals surface area contributed by atoms with E-state index < -0.39 is 107 Å². The van der Waals surface area contributed by atoms with E-state index in [2.05, 4.69) is 16.5 Å². The number of nitrogens with zero attached hydrogens (tertiary/aromatic N) is 2. The highest BCUT2D eigenvalue weighted by Crippen LogP contribution is 2.70. The first-order chi connectivity index (χ1) is 25.5. The number of ether oxygens (including phenoxy) is 6. The van der Waals surface area contributed by atoms with Crippen LogP contribution in [0.1, 0.15) is 75.6 Å². The summed E-state index contributed by atoms with van der Waals surface area (Å²) >= 11 is 0. The quantitative estimate of drug-likeness (QED) is 0.219. The Kier molecular flexibility index (Phi) is 10.3. The molecule has 0 radical (unpaired) electrons. The van der Waals surface area contributed by atoms with Crippen molar-refractivity contribution in [1.29, 1.82) is 0 Å². The van der Waals surface area contributed by atoms with Crippen molar-refractivity contribution >= 4 is 29.8 Å². The van der Waals surface area contributed by atoms with Crippen molar-refractivity contribution in [2.75, 3.05) is 0 Å². The van der Waals surface area contributed by atoms with E-state index in [4.69, 9.17) is 28.4 Å². The number of aliphatic hydroxyl groups excluding tert-OH is 1. The van der Waals surface area contributed by atoms with Crippen LogP contribution in [0.2, 0.25) is 0 Å². The largest absolute Gasteiger partial charge is 0.461 e. The van der Waals surface area contributed by atoms with Crippen LogP contribution in [0.15, 0.2) is 73.4 Å². The second-order valence-electron chi connectivity index (χ2n) is 15.3. The minimum atomic E-state index is -1.94. The Morgan fingerprint density at radius 2 is 1.52 bits per heavy atom. The molecule has 2 bridgehead atoms. The molecule has 1 saturated heterocycles. The van der Waals surface area contributed by atoms with Crippen LogP contribution in [0, 0.1) is 35.0 Å². The van der Waals surface area contributed by atoms with Gasteiger partial charge in [-0.2, -0.15) is 0 Å². The second-order valence-corrected chi connectivity index (χ2v) is 15.3. The zero-order valence-electron chi connectivity index (χ0n) is 31.3. The molecule has 2 aromatic rings. The van der Waals surface area contributed by atoms with Crippen molar-refractivity contribution in [3.8, 4) is 0 Å². The Bertz CT molecular complexity index is 1850. The van der Waals surface area contributed by atoms with E-state index in [0.717, 1.165) is 0 Å². The molecular formula is C40H46N2O12. The van der Waals surface area contributed by atoms with Crippen molar-refractivity contribution in [3.63, 3.8) is 0 Å². The van der Waals surface area contributed by atoms with E-state index in [1.807, 2.05) is 0 Å². The summed E-state index contributed by atoms with van der Waals surface area (Å²) < 4.78 is 38.3. The van der Waals surface area contributed by atoms with Crippen molar-refractivity contribution in [2.24, 2.45) is 35.0 Å². The number of hydrogen-bond acceptors (Lipinski definition) is 14. The summed E-state index contributed by atoms with van der Waals surface area (Å²) in [5.41, 5.74) is -4.81. The Hall–Kier alpha value is -4.95. The zero-order chi connectivity index (χ0) is 39.3. The van der Waals surface area contributed by atoms with E-state index in [1.165, 1.54) is 50.8 Å². The summed E-state index contributed by atoms with van der Waals surface area (Å²) in [5.74, 6) is -8.12. The summed E-state index contributed by atoms with van der Waals surface area (Å²) in [6, 6.07) is 6.13. The number of aliphatic hydroxyl groups is 1. The van der Waals surface area contributed by atoms with E-state index >= 15 is 0 Å². The average Bonchev–Trinajstić information content (AvgIpc) is 3.50. The van der Waals surface area contributed by atoms with Crippen LogP contribution in [0.25, 0.3) is 0 Å². The third kappa shape index (κ3) is 6.18. The second kappa shape index (κ2) is 14.4. The Morgan fingerprint density at radius 1 is 0.907 bits per heavy atom. The highest BCUT2D eigenvalue weighted by atomic mass is 16.7. The van der Waals surface area contributed by atoms with Crippen LogP contribution in [-0.2, 0) is 42.8 Å². The van der Waals surface area contributed by atoms with Gasteiger partial charge in [0.15, 0.2) is 18.0 Å². The molecule has 2 aromatic heterocycles. The minimum absolute atomic E-state index is 0.0653. The van der Waals surface area contributed by atoms with Gasteiger partial charge in [-0.3, -0.25) is 24.4 Å². The molecule has 12 atom stereocenters. The van der Waals surface area contributed by atoms with Gasteiger partial charge >= 0.3 is 29.8 Å². The molecule has 3 heterocycles. The third-order valence-corrected chi connectivity index (χ3v) is 11.4. The molecule has 1 N–H and O–H groups in total. The lowest BCUT2D eigenvalue weighted by Crippen LogP contribution is -2.66. The Balaban J connectivity index is 1.69. The molecule has 4 aliphatic rings. The van der Waals surface area contributed by atoms with Gasteiger partial charge < -0.3 is 33.5 Å². The Labute approximate surface area is 313 Å². The Morgan fingerprint density at radius 3 is 2.04 bits per heavy atom. The molecule has 0 aromatic carbocycles. The maximum Gasteiger partial charge on any atom is 0.340 e. The van der Waals surface area contributed by atoms with Gasteiger partial charge in [-0.05, 0) is 56.5 Å². The molecule has 2 saturated carbocycles. The molecular weight excluding hydrogens is 700 g/mol. The molecule has 3 fully saturated rings. The maximum atomic E-state index is 14.2. The van der Waals surface area contributed by atoms with E-state index in [1.54, 1.807) is 58.9 Å². The first-order valence-corrected chi connectivity index (χ1v) is 18.0. The van der Waals surface area contributed by atoms with Gasteiger partial charge in [-0.1, -0.05) is 39.0 Å². The number of hydrogen-bond donors (Lipinski definition) is 1. The molecule has 3 aliphatic carbocycles.